The van der Waals surface area contributed by atoms with Gasteiger partial charge in [0.1, 0.15) is 11.6 Å². The van der Waals surface area contributed by atoms with E-state index in [0.717, 1.165) is 37.8 Å². The second kappa shape index (κ2) is 6.72. The lowest BCUT2D eigenvalue weighted by Gasteiger charge is -1.96. The maximum atomic E-state index is 4.63. The Kier molecular flexibility index (Phi) is 4.95. The third-order valence-corrected chi connectivity index (χ3v) is 6.86. The quantitative estimate of drug-likeness (QED) is 0.705. The summed E-state index contributed by atoms with van der Waals surface area (Å²) in [5.41, 5.74) is 0. The molecule has 0 amide bonds. The Morgan fingerprint density at radius 3 is 2.70 bits per heavy atom. The van der Waals surface area contributed by atoms with Crippen LogP contribution in [0.4, 0.5) is 0 Å². The fourth-order valence-electron chi connectivity index (χ4n) is 2.07. The third kappa shape index (κ3) is 3.72. The molecule has 0 N–H and O–H groups in total. The number of nitrogens with zero attached hydrogens (tertiary/aromatic N) is 4. The summed E-state index contributed by atoms with van der Waals surface area (Å²) in [6.07, 6.45) is 2.48. The Morgan fingerprint density at radius 2 is 1.95 bits per heavy atom. The summed E-state index contributed by atoms with van der Waals surface area (Å²) in [7, 11) is 0. The van der Waals surface area contributed by atoms with Crippen LogP contribution in [0.1, 0.15) is 37.3 Å². The Balaban J connectivity index is 1.42. The van der Waals surface area contributed by atoms with E-state index in [2.05, 4.69) is 25.6 Å². The van der Waals surface area contributed by atoms with Gasteiger partial charge in [-0.1, -0.05) is 30.4 Å². The molecule has 1 aliphatic carbocycles. The first kappa shape index (κ1) is 14.7. The minimum absolute atomic E-state index is 0.606. The summed E-state index contributed by atoms with van der Waals surface area (Å²) in [6.45, 7) is 4.09. The molecule has 0 bridgehead atoms. The van der Waals surface area contributed by atoms with E-state index in [4.69, 9.17) is 0 Å². The lowest BCUT2D eigenvalue weighted by molar-refractivity contribution is 0.754. The van der Waals surface area contributed by atoms with Crippen LogP contribution < -0.4 is 0 Å². The summed E-state index contributed by atoms with van der Waals surface area (Å²) in [6, 6.07) is 0. The first-order chi connectivity index (χ1) is 9.76. The van der Waals surface area contributed by atoms with Crippen molar-refractivity contribution in [3.8, 4) is 0 Å². The molecule has 2 aromatic heterocycles. The summed E-state index contributed by atoms with van der Waals surface area (Å²) < 4.78 is 10.9. The number of aryl methyl sites for hydroxylation is 1. The summed E-state index contributed by atoms with van der Waals surface area (Å²) in [5.74, 6) is 5.53. The molecule has 3 rings (SSSR count). The minimum Gasteiger partial charge on any atom is -0.213 e. The molecule has 0 aliphatic heterocycles. The predicted octanol–water partition coefficient (Wildman–Crippen LogP) is 4.10. The molecule has 0 saturated heterocycles. The largest absolute Gasteiger partial charge is 0.213 e. The van der Waals surface area contributed by atoms with E-state index >= 15 is 0 Å². The Labute approximate surface area is 135 Å². The molecule has 2 unspecified atom stereocenters. The molecule has 2 heterocycles. The molecule has 0 spiro atoms. The number of aromatic nitrogens is 4. The number of rotatable bonds is 7. The molecule has 108 valence electrons. The van der Waals surface area contributed by atoms with Crippen molar-refractivity contribution in [1.29, 1.82) is 0 Å². The van der Waals surface area contributed by atoms with Crippen molar-refractivity contribution in [2.75, 3.05) is 11.5 Å². The fraction of sp³-hybridized carbons (Fsp3) is 0.667. The van der Waals surface area contributed by atoms with Gasteiger partial charge in [0.25, 0.3) is 0 Å². The standard InChI is InChI=1S/C12H16N4S4/c1-3-17-12-14-10(16-20-12)9-6-8(9)4-5-18-11-13-7(2)15-19-11/h8-9H,3-6H2,1-2H3. The first-order valence-corrected chi connectivity index (χ1v) is 10.2. The van der Waals surface area contributed by atoms with Crippen LogP contribution in [-0.2, 0) is 0 Å². The van der Waals surface area contributed by atoms with Gasteiger partial charge in [0, 0.05) is 11.7 Å². The monoisotopic (exact) mass is 344 g/mol. The van der Waals surface area contributed by atoms with Crippen molar-refractivity contribution in [1.82, 2.24) is 18.7 Å². The molecule has 0 aromatic carbocycles. The summed E-state index contributed by atoms with van der Waals surface area (Å²) in [4.78, 5) is 9.00. The van der Waals surface area contributed by atoms with E-state index in [9.17, 15) is 0 Å². The first-order valence-electron chi connectivity index (χ1n) is 6.65. The lowest BCUT2D eigenvalue weighted by Crippen LogP contribution is -1.89. The Morgan fingerprint density at radius 1 is 1.15 bits per heavy atom. The van der Waals surface area contributed by atoms with E-state index in [0.29, 0.717) is 5.92 Å². The lowest BCUT2D eigenvalue weighted by atomic mass is 10.2. The third-order valence-electron chi connectivity index (χ3n) is 3.17. The molecule has 1 saturated carbocycles. The molecule has 4 nitrogen and oxygen atoms in total. The molecule has 20 heavy (non-hydrogen) atoms. The van der Waals surface area contributed by atoms with E-state index in [1.54, 1.807) is 23.3 Å². The van der Waals surface area contributed by atoms with Crippen molar-refractivity contribution in [2.24, 2.45) is 5.92 Å². The van der Waals surface area contributed by atoms with Crippen molar-refractivity contribution in [3.63, 3.8) is 0 Å². The molecule has 2 atom stereocenters. The van der Waals surface area contributed by atoms with Crippen LogP contribution in [0, 0.1) is 12.8 Å². The normalized spacial score (nSPS) is 21.3. The highest BCUT2D eigenvalue weighted by atomic mass is 32.2. The predicted molar refractivity (Wildman–Crippen MR) is 87.1 cm³/mol. The van der Waals surface area contributed by atoms with Crippen LogP contribution in [0.25, 0.3) is 0 Å². The van der Waals surface area contributed by atoms with Gasteiger partial charge in [-0.25, -0.2) is 9.97 Å². The molecule has 1 aliphatic rings. The number of hydrogen-bond donors (Lipinski definition) is 0. The van der Waals surface area contributed by atoms with Crippen molar-refractivity contribution in [2.45, 2.75) is 41.3 Å². The zero-order chi connectivity index (χ0) is 13.9. The van der Waals surface area contributed by atoms with E-state index in [1.165, 1.54) is 24.4 Å². The Hall–Kier alpha value is -0.180. The zero-order valence-corrected chi connectivity index (χ0v) is 14.7. The van der Waals surface area contributed by atoms with Crippen LogP contribution in [0.15, 0.2) is 8.68 Å². The van der Waals surface area contributed by atoms with Crippen LogP contribution in [-0.4, -0.2) is 30.2 Å². The Bertz CT molecular complexity index is 567. The van der Waals surface area contributed by atoms with E-state index in [-0.39, 0.29) is 0 Å². The van der Waals surface area contributed by atoms with Gasteiger partial charge in [0.05, 0.1) is 0 Å². The smallest absolute Gasteiger partial charge is 0.170 e. The summed E-state index contributed by atoms with van der Waals surface area (Å²) in [5, 5.41) is 0. The highest BCUT2D eigenvalue weighted by molar-refractivity contribution is 8.01. The van der Waals surface area contributed by atoms with Gasteiger partial charge in [0.15, 0.2) is 8.68 Å². The van der Waals surface area contributed by atoms with Gasteiger partial charge in [-0.05, 0) is 54.5 Å². The van der Waals surface area contributed by atoms with Gasteiger partial charge >= 0.3 is 0 Å². The fourth-order valence-corrected chi connectivity index (χ4v) is 5.42. The second-order valence-electron chi connectivity index (χ2n) is 4.70. The van der Waals surface area contributed by atoms with Crippen molar-refractivity contribution in [3.05, 3.63) is 11.6 Å². The molecular weight excluding hydrogens is 328 g/mol. The van der Waals surface area contributed by atoms with Crippen molar-refractivity contribution < 1.29 is 0 Å². The zero-order valence-electron chi connectivity index (χ0n) is 11.4. The van der Waals surface area contributed by atoms with Crippen LogP contribution in [0.2, 0.25) is 0 Å². The highest BCUT2D eigenvalue weighted by Gasteiger charge is 2.40. The van der Waals surface area contributed by atoms with Gasteiger partial charge in [-0.15, -0.1) is 0 Å². The highest BCUT2D eigenvalue weighted by Crippen LogP contribution is 2.49. The maximum Gasteiger partial charge on any atom is 0.170 e. The number of thioether (sulfide) groups is 2. The molecule has 2 aromatic rings. The van der Waals surface area contributed by atoms with Gasteiger partial charge in [0.2, 0.25) is 0 Å². The molecule has 8 heteroatoms. The molecule has 0 radical (unpaired) electrons. The maximum absolute atomic E-state index is 4.63. The van der Waals surface area contributed by atoms with Crippen LogP contribution >= 0.6 is 46.6 Å². The van der Waals surface area contributed by atoms with Crippen molar-refractivity contribution >= 4 is 46.6 Å². The van der Waals surface area contributed by atoms with Gasteiger partial charge < -0.3 is 0 Å². The van der Waals surface area contributed by atoms with Gasteiger partial charge in [-0.3, -0.25) is 0 Å². The van der Waals surface area contributed by atoms with Crippen LogP contribution in [0.3, 0.4) is 0 Å². The molecular formula is C12H16N4S4. The average molecular weight is 345 g/mol. The summed E-state index contributed by atoms with van der Waals surface area (Å²) >= 11 is 6.66. The SMILES string of the molecule is CCSc1nc(C2CC2CCSc2nc(C)ns2)ns1. The minimum atomic E-state index is 0.606. The van der Waals surface area contributed by atoms with E-state index < -0.39 is 0 Å². The average Bonchev–Trinajstić information content (AvgIpc) is 2.83. The van der Waals surface area contributed by atoms with E-state index in [1.807, 2.05) is 18.7 Å². The number of hydrogen-bond acceptors (Lipinski definition) is 8. The topological polar surface area (TPSA) is 51.6 Å². The molecule has 1 fully saturated rings. The second-order valence-corrected chi connectivity index (χ2v) is 9.06. The van der Waals surface area contributed by atoms with Gasteiger partial charge in [-0.2, -0.15) is 8.75 Å². The van der Waals surface area contributed by atoms with Crippen LogP contribution in [0.5, 0.6) is 0 Å².